The first-order valence-electron chi connectivity index (χ1n) is 2.63. The number of hydrogen-bond acceptors (Lipinski definition) is 3. The van der Waals surface area contributed by atoms with Gasteiger partial charge in [0.2, 0.25) is 0 Å². The summed E-state index contributed by atoms with van der Waals surface area (Å²) < 4.78 is 4.65. The molecule has 0 N–H and O–H groups in total. The maximum Gasteiger partial charge on any atom is 0.0785 e. The van der Waals surface area contributed by atoms with E-state index in [0.717, 1.165) is 6.42 Å². The number of ether oxygens (including phenoxy) is 1. The SMILES string of the molecule is CO/C=C\CCN=C=S. The Balaban J connectivity index is 3.08. The Kier molecular flexibility index (Phi) is 6.80. The molecule has 2 nitrogen and oxygen atoms in total. The van der Waals surface area contributed by atoms with Crippen LogP contribution in [-0.4, -0.2) is 18.8 Å². The van der Waals surface area contributed by atoms with Gasteiger partial charge in [-0.15, -0.1) is 0 Å². The van der Waals surface area contributed by atoms with Crippen molar-refractivity contribution in [3.8, 4) is 0 Å². The van der Waals surface area contributed by atoms with Gasteiger partial charge in [0.15, 0.2) is 0 Å². The van der Waals surface area contributed by atoms with E-state index in [4.69, 9.17) is 0 Å². The molecule has 9 heavy (non-hydrogen) atoms. The summed E-state index contributed by atoms with van der Waals surface area (Å²) in [6.45, 7) is 0.698. The number of aliphatic imine (C=N–C) groups is 1. The first kappa shape index (κ1) is 8.34. The fourth-order valence-corrected chi connectivity index (χ4v) is 0.440. The first-order valence-corrected chi connectivity index (χ1v) is 3.04. The number of nitrogens with zero attached hydrogens (tertiary/aromatic N) is 1. The summed E-state index contributed by atoms with van der Waals surface area (Å²) in [7, 11) is 1.61. The van der Waals surface area contributed by atoms with Gasteiger partial charge in [0.25, 0.3) is 0 Å². The third kappa shape index (κ3) is 7.34. The second kappa shape index (κ2) is 7.34. The van der Waals surface area contributed by atoms with Crippen molar-refractivity contribution in [2.45, 2.75) is 6.42 Å². The van der Waals surface area contributed by atoms with Gasteiger partial charge in [0.05, 0.1) is 25.1 Å². The summed E-state index contributed by atoms with van der Waals surface area (Å²) in [6.07, 6.45) is 4.37. The smallest absolute Gasteiger partial charge is 0.0785 e. The van der Waals surface area contributed by atoms with Crippen LogP contribution in [0.2, 0.25) is 0 Å². The van der Waals surface area contributed by atoms with Crippen molar-refractivity contribution in [3.63, 3.8) is 0 Å². The largest absolute Gasteiger partial charge is 0.505 e. The average Bonchev–Trinajstić information content (AvgIpc) is 1.89. The second-order valence-electron chi connectivity index (χ2n) is 1.37. The van der Waals surface area contributed by atoms with Crippen LogP contribution in [0.15, 0.2) is 17.3 Å². The van der Waals surface area contributed by atoms with Crippen molar-refractivity contribution < 1.29 is 4.74 Å². The van der Waals surface area contributed by atoms with E-state index in [2.05, 4.69) is 27.1 Å². The van der Waals surface area contributed by atoms with E-state index >= 15 is 0 Å². The van der Waals surface area contributed by atoms with Crippen LogP contribution in [0.1, 0.15) is 6.42 Å². The van der Waals surface area contributed by atoms with Gasteiger partial charge >= 0.3 is 0 Å². The fourth-order valence-electron chi connectivity index (χ4n) is 0.349. The molecular weight excluding hydrogens is 134 g/mol. The topological polar surface area (TPSA) is 21.6 Å². The Bertz CT molecular complexity index is 127. The van der Waals surface area contributed by atoms with Gasteiger partial charge in [-0.2, -0.15) is 0 Å². The number of rotatable bonds is 4. The molecule has 0 atom stereocenters. The summed E-state index contributed by atoms with van der Waals surface area (Å²) in [5, 5.41) is 2.28. The van der Waals surface area contributed by atoms with E-state index in [-0.39, 0.29) is 0 Å². The minimum Gasteiger partial charge on any atom is -0.505 e. The summed E-state index contributed by atoms with van der Waals surface area (Å²) >= 11 is 4.36. The maximum atomic E-state index is 4.65. The standard InChI is InChI=1S/C6H9NOS/c1-8-5-3-2-4-7-6-9/h3,5H,2,4H2,1H3/b5-3-. The molecule has 0 saturated carbocycles. The highest BCUT2D eigenvalue weighted by atomic mass is 32.1. The van der Waals surface area contributed by atoms with Crippen LogP contribution in [0.5, 0.6) is 0 Å². The Hall–Kier alpha value is -0.660. The molecule has 50 valence electrons. The molecular formula is C6H9NOS. The first-order chi connectivity index (χ1) is 4.41. The van der Waals surface area contributed by atoms with E-state index in [1.165, 1.54) is 0 Å². The maximum absolute atomic E-state index is 4.65. The van der Waals surface area contributed by atoms with Crippen LogP contribution >= 0.6 is 12.2 Å². The van der Waals surface area contributed by atoms with Gasteiger partial charge in [0, 0.05) is 0 Å². The third-order valence-corrected chi connectivity index (χ3v) is 0.834. The van der Waals surface area contributed by atoms with Crippen molar-refractivity contribution in [1.29, 1.82) is 0 Å². The van der Waals surface area contributed by atoms with E-state index in [9.17, 15) is 0 Å². The van der Waals surface area contributed by atoms with Crippen LogP contribution in [-0.2, 0) is 4.74 Å². The Labute approximate surface area is 60.2 Å². The zero-order chi connectivity index (χ0) is 6.95. The summed E-state index contributed by atoms with van der Waals surface area (Å²) in [4.78, 5) is 3.70. The van der Waals surface area contributed by atoms with Gasteiger partial charge in [0.1, 0.15) is 0 Å². The number of hydrogen-bond donors (Lipinski definition) is 0. The van der Waals surface area contributed by atoms with E-state index in [1.54, 1.807) is 13.4 Å². The number of thiocarbonyl (C=S) groups is 1. The zero-order valence-corrected chi connectivity index (χ0v) is 6.15. The minimum atomic E-state index is 0.698. The Morgan fingerprint density at radius 1 is 1.78 bits per heavy atom. The zero-order valence-electron chi connectivity index (χ0n) is 5.33. The van der Waals surface area contributed by atoms with Gasteiger partial charge < -0.3 is 4.74 Å². The minimum absolute atomic E-state index is 0.698. The van der Waals surface area contributed by atoms with E-state index in [1.807, 2.05) is 6.08 Å². The molecule has 0 rings (SSSR count). The normalized spacial score (nSPS) is 9.00. The molecule has 0 aromatic carbocycles. The quantitative estimate of drug-likeness (QED) is 0.258. The van der Waals surface area contributed by atoms with Crippen LogP contribution in [0.4, 0.5) is 0 Å². The molecule has 0 aliphatic carbocycles. The van der Waals surface area contributed by atoms with Crippen LogP contribution in [0.3, 0.4) is 0 Å². The molecule has 0 aromatic rings. The lowest BCUT2D eigenvalue weighted by atomic mass is 10.4. The van der Waals surface area contributed by atoms with Crippen LogP contribution in [0, 0.1) is 0 Å². The Morgan fingerprint density at radius 3 is 3.11 bits per heavy atom. The summed E-state index contributed by atoms with van der Waals surface area (Å²) in [5.41, 5.74) is 0. The molecule has 0 aliphatic heterocycles. The molecule has 0 aromatic heterocycles. The van der Waals surface area contributed by atoms with Gasteiger partial charge in [-0.05, 0) is 24.7 Å². The van der Waals surface area contributed by atoms with Crippen LogP contribution < -0.4 is 0 Å². The Morgan fingerprint density at radius 2 is 2.56 bits per heavy atom. The predicted molar refractivity (Wildman–Crippen MR) is 40.7 cm³/mol. The molecule has 0 saturated heterocycles. The number of methoxy groups -OCH3 is 1. The molecule has 0 aliphatic rings. The molecule has 0 fully saturated rings. The van der Waals surface area contributed by atoms with Gasteiger partial charge in [-0.25, -0.2) is 4.99 Å². The molecule has 0 radical (unpaired) electrons. The molecule has 0 unspecified atom stereocenters. The number of isothiocyanates is 1. The van der Waals surface area contributed by atoms with Crippen molar-refractivity contribution in [3.05, 3.63) is 12.3 Å². The highest BCUT2D eigenvalue weighted by Crippen LogP contribution is 1.82. The second-order valence-corrected chi connectivity index (χ2v) is 1.55. The van der Waals surface area contributed by atoms with Crippen molar-refractivity contribution in [2.24, 2.45) is 4.99 Å². The lowest BCUT2D eigenvalue weighted by molar-refractivity contribution is 0.336. The lowest BCUT2D eigenvalue weighted by Crippen LogP contribution is -1.74. The van der Waals surface area contributed by atoms with E-state index < -0.39 is 0 Å². The summed E-state index contributed by atoms with van der Waals surface area (Å²) in [5.74, 6) is 0. The fraction of sp³-hybridized carbons (Fsp3) is 0.500. The summed E-state index contributed by atoms with van der Waals surface area (Å²) in [6, 6.07) is 0. The average molecular weight is 143 g/mol. The highest BCUT2D eigenvalue weighted by molar-refractivity contribution is 7.78. The molecule has 0 amide bonds. The van der Waals surface area contributed by atoms with Gasteiger partial charge in [-0.3, -0.25) is 0 Å². The van der Waals surface area contributed by atoms with Crippen molar-refractivity contribution in [2.75, 3.05) is 13.7 Å². The van der Waals surface area contributed by atoms with Crippen molar-refractivity contribution >= 4 is 17.4 Å². The lowest BCUT2D eigenvalue weighted by Gasteiger charge is -1.84. The van der Waals surface area contributed by atoms with Crippen LogP contribution in [0.25, 0.3) is 0 Å². The third-order valence-electron chi connectivity index (χ3n) is 0.704. The monoisotopic (exact) mass is 143 g/mol. The molecule has 0 heterocycles. The van der Waals surface area contributed by atoms with E-state index in [0.29, 0.717) is 6.54 Å². The highest BCUT2D eigenvalue weighted by Gasteiger charge is 1.73. The predicted octanol–water partition coefficient (Wildman–Crippen LogP) is 1.64. The molecule has 0 bridgehead atoms. The van der Waals surface area contributed by atoms with Crippen molar-refractivity contribution in [1.82, 2.24) is 0 Å². The van der Waals surface area contributed by atoms with Gasteiger partial charge in [-0.1, -0.05) is 0 Å². The molecule has 0 spiro atoms. The molecule has 3 heteroatoms.